The highest BCUT2D eigenvalue weighted by Crippen LogP contribution is 2.31. The molecular weight excluding hydrogens is 433 g/mol. The highest BCUT2D eigenvalue weighted by molar-refractivity contribution is 5.87. The molecule has 3 aromatic rings. The van der Waals surface area contributed by atoms with Gasteiger partial charge in [-0.3, -0.25) is 9.36 Å². The summed E-state index contributed by atoms with van der Waals surface area (Å²) in [6, 6.07) is 5.02. The van der Waals surface area contributed by atoms with Crippen LogP contribution < -0.4 is 10.9 Å². The normalized spacial score (nSPS) is 19.7. The van der Waals surface area contributed by atoms with Crippen LogP contribution in [-0.4, -0.2) is 25.7 Å². The van der Waals surface area contributed by atoms with Crippen LogP contribution in [-0.2, 0) is 13.5 Å². The predicted octanol–water partition coefficient (Wildman–Crippen LogP) is 4.67. The van der Waals surface area contributed by atoms with E-state index in [-0.39, 0.29) is 23.1 Å². The van der Waals surface area contributed by atoms with Gasteiger partial charge in [0.15, 0.2) is 0 Å². The summed E-state index contributed by atoms with van der Waals surface area (Å²) in [4.78, 5) is 21.5. The van der Waals surface area contributed by atoms with Crippen molar-refractivity contribution in [3.63, 3.8) is 0 Å². The molecule has 1 aliphatic carbocycles. The van der Waals surface area contributed by atoms with Crippen molar-refractivity contribution < 1.29 is 18.3 Å². The Balaban J connectivity index is 1.69. The number of aromatic nitrogens is 3. The van der Waals surface area contributed by atoms with Crippen molar-refractivity contribution in [3.8, 4) is 0 Å². The van der Waals surface area contributed by atoms with E-state index >= 15 is 0 Å². The summed E-state index contributed by atoms with van der Waals surface area (Å²) in [7, 11) is 1.63. The van der Waals surface area contributed by atoms with Crippen molar-refractivity contribution in [1.82, 2.24) is 14.5 Å². The molecule has 176 valence electrons. The Labute approximate surface area is 189 Å². The summed E-state index contributed by atoms with van der Waals surface area (Å²) < 4.78 is 42.3. The van der Waals surface area contributed by atoms with Crippen molar-refractivity contribution in [2.45, 2.75) is 57.6 Å². The fourth-order valence-corrected chi connectivity index (χ4v) is 4.71. The lowest BCUT2D eigenvalue weighted by Gasteiger charge is -2.26. The van der Waals surface area contributed by atoms with E-state index in [2.05, 4.69) is 15.3 Å². The molecule has 1 saturated carbocycles. The number of nitrogens with one attached hydrogen (secondary N) is 1. The van der Waals surface area contributed by atoms with E-state index in [0.29, 0.717) is 35.3 Å². The van der Waals surface area contributed by atoms with Gasteiger partial charge in [-0.1, -0.05) is 24.6 Å². The zero-order chi connectivity index (χ0) is 23.7. The van der Waals surface area contributed by atoms with Gasteiger partial charge in [0.05, 0.1) is 23.1 Å². The Kier molecular flexibility index (Phi) is 6.69. The molecule has 1 aromatic carbocycles. The van der Waals surface area contributed by atoms with Crippen LogP contribution in [0.3, 0.4) is 0 Å². The first-order valence-electron chi connectivity index (χ1n) is 11.1. The first kappa shape index (κ1) is 23.2. The van der Waals surface area contributed by atoms with Crippen LogP contribution in [0.2, 0.25) is 0 Å². The van der Waals surface area contributed by atoms with Crippen molar-refractivity contribution in [2.24, 2.45) is 13.0 Å². The third kappa shape index (κ3) is 4.73. The first-order chi connectivity index (χ1) is 15.8. The highest BCUT2D eigenvalue weighted by atomic mass is 19.3. The minimum Gasteiger partial charge on any atom is -0.393 e. The molecule has 0 aliphatic heterocycles. The maximum absolute atomic E-state index is 14.6. The lowest BCUT2D eigenvalue weighted by Crippen LogP contribution is -2.27. The summed E-state index contributed by atoms with van der Waals surface area (Å²) in [5.41, 5.74) is 0.309. The monoisotopic (exact) mass is 460 g/mol. The molecule has 1 aliphatic rings. The fraction of sp³-hybridized carbons (Fsp3) is 0.458. The van der Waals surface area contributed by atoms with Crippen LogP contribution in [0.5, 0.6) is 0 Å². The minimum atomic E-state index is -2.91. The molecule has 33 heavy (non-hydrogen) atoms. The molecule has 0 bridgehead atoms. The molecule has 2 unspecified atom stereocenters. The van der Waals surface area contributed by atoms with Gasteiger partial charge >= 0.3 is 0 Å². The van der Waals surface area contributed by atoms with Crippen molar-refractivity contribution in [2.75, 3.05) is 5.32 Å². The molecule has 2 N–H and O–H groups in total. The molecule has 4 rings (SSSR count). The number of hydrogen-bond donors (Lipinski definition) is 2. The van der Waals surface area contributed by atoms with Crippen molar-refractivity contribution in [3.05, 3.63) is 63.5 Å². The molecule has 2 heterocycles. The third-order valence-corrected chi connectivity index (χ3v) is 6.46. The van der Waals surface area contributed by atoms with Gasteiger partial charge in [-0.05, 0) is 44.6 Å². The van der Waals surface area contributed by atoms with Gasteiger partial charge < -0.3 is 10.4 Å². The Morgan fingerprint density at radius 3 is 2.73 bits per heavy atom. The van der Waals surface area contributed by atoms with E-state index < -0.39 is 23.8 Å². The number of fused-ring (bicyclic) bond motifs is 1. The van der Waals surface area contributed by atoms with Crippen LogP contribution in [0.15, 0.2) is 35.4 Å². The minimum absolute atomic E-state index is 0.0980. The average Bonchev–Trinajstić information content (AvgIpc) is 2.77. The zero-order valence-electron chi connectivity index (χ0n) is 18.6. The number of halogens is 3. The zero-order valence-corrected chi connectivity index (χ0v) is 18.6. The molecule has 9 heteroatoms. The van der Waals surface area contributed by atoms with Gasteiger partial charge in [0.2, 0.25) is 0 Å². The number of aryl methyl sites for hydroxylation is 1. The number of aliphatic hydroxyl groups is 1. The summed E-state index contributed by atoms with van der Waals surface area (Å²) in [6.45, 7) is 1.66. The van der Waals surface area contributed by atoms with Crippen molar-refractivity contribution >= 4 is 16.9 Å². The van der Waals surface area contributed by atoms with Crippen LogP contribution in [0.25, 0.3) is 11.0 Å². The molecule has 3 atom stereocenters. The van der Waals surface area contributed by atoms with Crippen molar-refractivity contribution in [1.29, 1.82) is 0 Å². The van der Waals surface area contributed by atoms with E-state index in [9.17, 15) is 23.1 Å². The van der Waals surface area contributed by atoms with E-state index in [1.54, 1.807) is 20.0 Å². The van der Waals surface area contributed by atoms with Gasteiger partial charge in [0, 0.05) is 18.2 Å². The highest BCUT2D eigenvalue weighted by Gasteiger charge is 2.23. The van der Waals surface area contributed by atoms with Gasteiger partial charge in [-0.2, -0.15) is 0 Å². The summed E-state index contributed by atoms with van der Waals surface area (Å²) in [5, 5.41) is 13.7. The second-order valence-corrected chi connectivity index (χ2v) is 8.80. The molecule has 0 saturated heterocycles. The fourth-order valence-electron chi connectivity index (χ4n) is 4.71. The SMILES string of the molecule is C[C@@H](Nc1ncnc2c1cc(CC1CCCC(O)C1)c(=O)n2C)c1cccc(C(F)F)c1F. The van der Waals surface area contributed by atoms with Gasteiger partial charge in [-0.25, -0.2) is 23.1 Å². The molecule has 1 fully saturated rings. The number of benzene rings is 1. The number of nitrogens with zero attached hydrogens (tertiary/aromatic N) is 3. The Hall–Kier alpha value is -2.94. The maximum Gasteiger partial charge on any atom is 0.266 e. The van der Waals surface area contributed by atoms with E-state index in [4.69, 9.17) is 0 Å². The summed E-state index contributed by atoms with van der Waals surface area (Å²) in [5.74, 6) is -0.352. The van der Waals surface area contributed by atoms with E-state index in [1.807, 2.05) is 0 Å². The van der Waals surface area contributed by atoms with E-state index in [1.165, 1.54) is 23.0 Å². The van der Waals surface area contributed by atoms with Crippen LogP contribution in [0, 0.1) is 11.7 Å². The molecule has 0 radical (unpaired) electrons. The largest absolute Gasteiger partial charge is 0.393 e. The third-order valence-electron chi connectivity index (χ3n) is 6.46. The number of pyridine rings is 1. The predicted molar refractivity (Wildman–Crippen MR) is 120 cm³/mol. The average molecular weight is 461 g/mol. The van der Waals surface area contributed by atoms with Gasteiger partial charge in [0.1, 0.15) is 23.6 Å². The molecule has 0 spiro atoms. The van der Waals surface area contributed by atoms with Crippen LogP contribution in [0.1, 0.15) is 61.8 Å². The molecule has 6 nitrogen and oxygen atoms in total. The second kappa shape index (κ2) is 9.51. The van der Waals surface area contributed by atoms with Gasteiger partial charge in [-0.15, -0.1) is 0 Å². The number of aliphatic hydroxyl groups excluding tert-OH is 1. The topological polar surface area (TPSA) is 80.0 Å². The number of alkyl halides is 2. The Bertz CT molecular complexity index is 1210. The van der Waals surface area contributed by atoms with Gasteiger partial charge in [0.25, 0.3) is 12.0 Å². The van der Waals surface area contributed by atoms with E-state index in [0.717, 1.165) is 25.3 Å². The summed E-state index contributed by atoms with van der Waals surface area (Å²) >= 11 is 0. The lowest BCUT2D eigenvalue weighted by molar-refractivity contribution is 0.101. The molecule has 0 amide bonds. The quantitative estimate of drug-likeness (QED) is 0.559. The first-order valence-corrected chi connectivity index (χ1v) is 11.1. The smallest absolute Gasteiger partial charge is 0.266 e. The Morgan fingerprint density at radius 2 is 2.00 bits per heavy atom. The number of hydrogen-bond acceptors (Lipinski definition) is 5. The second-order valence-electron chi connectivity index (χ2n) is 8.80. The molecular formula is C24H27F3N4O2. The van der Waals surface area contributed by atoms with Crippen LogP contribution in [0.4, 0.5) is 19.0 Å². The Morgan fingerprint density at radius 1 is 1.24 bits per heavy atom. The standard InChI is InChI=1S/C24H27F3N4O2/c1-13(17-7-4-8-18(20(17)25)21(26)27)30-22-19-11-15(9-14-5-3-6-16(32)10-14)24(33)31(2)23(19)29-12-28-22/h4,7-8,11-14,16,21,32H,3,5-6,9-10H2,1-2H3,(H,28,29,30)/t13-,14?,16?/m1/s1. The summed E-state index contributed by atoms with van der Waals surface area (Å²) in [6.07, 6.45) is 1.92. The maximum atomic E-state index is 14.6. The number of rotatable bonds is 6. The number of anilines is 1. The van der Waals surface area contributed by atoms with Crippen LogP contribution >= 0.6 is 0 Å². The lowest BCUT2D eigenvalue weighted by atomic mass is 9.83. The molecule has 2 aromatic heterocycles.